The maximum Gasteiger partial charge on any atom is 0.148 e. The first-order valence-corrected chi connectivity index (χ1v) is 21.6. The van der Waals surface area contributed by atoms with Crippen LogP contribution in [-0.2, 0) is 5.41 Å². The monoisotopic (exact) mass is 734 g/mol. The Hall–Kier alpha value is -5.02. The summed E-state index contributed by atoms with van der Waals surface area (Å²) in [6.45, 7) is 5.02. The van der Waals surface area contributed by atoms with Crippen molar-refractivity contribution < 1.29 is 4.74 Å². The Kier molecular flexibility index (Phi) is 8.13. The number of rotatable bonds is 7. The zero-order valence-electron chi connectivity index (χ0n) is 33.0. The van der Waals surface area contributed by atoms with E-state index in [1.165, 1.54) is 85.3 Å². The van der Waals surface area contributed by atoms with Crippen molar-refractivity contribution in [3.05, 3.63) is 178 Å². The number of fused-ring (bicyclic) bond motifs is 3. The van der Waals surface area contributed by atoms with Gasteiger partial charge in [-0.2, -0.15) is 0 Å². The minimum Gasteiger partial charge on any atom is -0.483 e. The molecule has 1 N–H and O–H groups in total. The third-order valence-corrected chi connectivity index (χ3v) is 15.1. The van der Waals surface area contributed by atoms with Crippen molar-refractivity contribution in [3.63, 3.8) is 0 Å². The predicted octanol–water partition coefficient (Wildman–Crippen LogP) is 13.4. The highest BCUT2D eigenvalue weighted by Gasteiger charge is 2.56. The van der Waals surface area contributed by atoms with Crippen molar-refractivity contribution in [2.24, 2.45) is 29.1 Å². The Balaban J connectivity index is 1.13. The molecule has 7 aliphatic carbocycles. The molecule has 11 rings (SSSR count). The molecule has 2 saturated carbocycles. The third-order valence-electron chi connectivity index (χ3n) is 15.1. The second kappa shape index (κ2) is 13.3. The van der Waals surface area contributed by atoms with Crippen molar-refractivity contribution in [1.29, 1.82) is 0 Å². The molecule has 8 aliphatic rings. The van der Waals surface area contributed by atoms with Gasteiger partial charge in [-0.3, -0.25) is 0 Å². The minimum absolute atomic E-state index is 0.000914. The van der Waals surface area contributed by atoms with Crippen LogP contribution in [0.5, 0.6) is 5.75 Å². The number of para-hydroxylation sites is 3. The minimum atomic E-state index is -0.157. The van der Waals surface area contributed by atoms with Gasteiger partial charge >= 0.3 is 0 Å². The first kappa shape index (κ1) is 34.2. The molecule has 0 amide bonds. The molecule has 282 valence electrons. The smallest absolute Gasteiger partial charge is 0.148 e. The lowest BCUT2D eigenvalue weighted by Gasteiger charge is -2.56. The van der Waals surface area contributed by atoms with Gasteiger partial charge < -0.3 is 15.0 Å². The largest absolute Gasteiger partial charge is 0.483 e. The Labute approximate surface area is 333 Å². The van der Waals surface area contributed by atoms with E-state index in [-0.39, 0.29) is 16.9 Å². The molecule has 5 atom stereocenters. The summed E-state index contributed by atoms with van der Waals surface area (Å²) < 4.78 is 7.12. The zero-order valence-corrected chi connectivity index (χ0v) is 33.0. The van der Waals surface area contributed by atoms with Crippen molar-refractivity contribution in [1.82, 2.24) is 0 Å². The summed E-state index contributed by atoms with van der Waals surface area (Å²) in [5, 5.41) is 3.98. The number of ether oxygens (including phenoxy) is 1. The van der Waals surface area contributed by atoms with Gasteiger partial charge in [-0.15, -0.1) is 0 Å². The second-order valence-electron chi connectivity index (χ2n) is 18.1. The Morgan fingerprint density at radius 3 is 2.29 bits per heavy atom. The van der Waals surface area contributed by atoms with Crippen LogP contribution in [0.4, 0.5) is 17.1 Å². The maximum atomic E-state index is 7.12. The highest BCUT2D eigenvalue weighted by atomic mass is 16.5. The van der Waals surface area contributed by atoms with Gasteiger partial charge in [0.05, 0.1) is 5.69 Å². The topological polar surface area (TPSA) is 24.5 Å². The van der Waals surface area contributed by atoms with E-state index >= 15 is 0 Å². The molecule has 1 heterocycles. The number of benzene rings is 3. The highest BCUT2D eigenvalue weighted by molar-refractivity contribution is 5.79. The number of hydrogen-bond acceptors (Lipinski definition) is 3. The van der Waals surface area contributed by atoms with Crippen LogP contribution in [0.15, 0.2) is 173 Å². The van der Waals surface area contributed by atoms with Crippen LogP contribution in [0.2, 0.25) is 0 Å². The lowest BCUT2D eigenvalue weighted by molar-refractivity contribution is 0.205. The molecule has 1 aliphatic heterocycles. The van der Waals surface area contributed by atoms with E-state index in [4.69, 9.17) is 4.74 Å². The van der Waals surface area contributed by atoms with E-state index in [2.05, 4.69) is 158 Å². The summed E-state index contributed by atoms with van der Waals surface area (Å²) in [5.41, 5.74) is 15.1. The van der Waals surface area contributed by atoms with E-state index in [1.807, 2.05) is 0 Å². The fourth-order valence-electron chi connectivity index (χ4n) is 12.4. The van der Waals surface area contributed by atoms with Gasteiger partial charge in [-0.25, -0.2) is 0 Å². The molecule has 56 heavy (non-hydrogen) atoms. The molecule has 0 radical (unpaired) electrons. The van der Waals surface area contributed by atoms with Crippen LogP contribution in [0.3, 0.4) is 0 Å². The average Bonchev–Trinajstić information content (AvgIpc) is 3.99. The number of allylic oxidation sites excluding steroid dienone is 14. The van der Waals surface area contributed by atoms with Crippen molar-refractivity contribution in [3.8, 4) is 5.75 Å². The summed E-state index contributed by atoms with van der Waals surface area (Å²) in [5.74, 6) is 2.88. The van der Waals surface area contributed by atoms with Crippen LogP contribution in [-0.4, -0.2) is 6.10 Å². The lowest BCUT2D eigenvalue weighted by Crippen LogP contribution is -2.48. The Morgan fingerprint density at radius 2 is 1.50 bits per heavy atom. The fraction of sp³-hybridized carbons (Fsp3) is 0.358. The average molecular weight is 735 g/mol. The van der Waals surface area contributed by atoms with Gasteiger partial charge in [-0.1, -0.05) is 125 Å². The summed E-state index contributed by atoms with van der Waals surface area (Å²) >= 11 is 0. The lowest BCUT2D eigenvalue weighted by atomic mass is 9.48. The Morgan fingerprint density at radius 1 is 0.750 bits per heavy atom. The molecule has 3 aromatic carbocycles. The van der Waals surface area contributed by atoms with E-state index < -0.39 is 0 Å². The van der Waals surface area contributed by atoms with E-state index in [1.54, 1.807) is 22.3 Å². The normalized spacial score (nSPS) is 30.2. The molecular weight excluding hydrogens is 681 g/mol. The van der Waals surface area contributed by atoms with Gasteiger partial charge in [0, 0.05) is 51.0 Å². The number of hydrogen-bond donors (Lipinski definition) is 1. The van der Waals surface area contributed by atoms with Crippen LogP contribution in [0.25, 0.3) is 0 Å². The first-order valence-electron chi connectivity index (χ1n) is 21.6. The van der Waals surface area contributed by atoms with Crippen LogP contribution in [0.1, 0.15) is 83.6 Å². The second-order valence-corrected chi connectivity index (χ2v) is 18.1. The summed E-state index contributed by atoms with van der Waals surface area (Å²) in [4.78, 5) is 2.63. The molecule has 2 fully saturated rings. The number of nitrogens with zero attached hydrogens (tertiary/aromatic N) is 1. The van der Waals surface area contributed by atoms with Crippen molar-refractivity contribution in [2.75, 3.05) is 10.2 Å². The third kappa shape index (κ3) is 5.15. The van der Waals surface area contributed by atoms with Crippen molar-refractivity contribution >= 4 is 17.1 Å². The summed E-state index contributed by atoms with van der Waals surface area (Å²) in [7, 11) is 0. The van der Waals surface area contributed by atoms with Crippen LogP contribution in [0, 0.1) is 29.1 Å². The van der Waals surface area contributed by atoms with Crippen LogP contribution < -0.4 is 15.0 Å². The van der Waals surface area contributed by atoms with E-state index in [0.29, 0.717) is 23.7 Å². The number of nitrogens with one attached hydrogen (secondary N) is 1. The standard InChI is InChI=1S/C53H54N2O/c1-52-32-15-5-10-27-49(52)56-51-45(52)25-16-26-47(51)55(38-23-8-4-9-24-38)48-34-41(35-17-11-12-18-35)39-28-31-44-46(54-37-21-6-3-7-22-37)33-42(36-19-13-14-20-36)43-30-29-40(48)50(39)53(43,44)2/h3-10,15-16,21-28,30-31,33-36,40,49-50,54H,11-14,17-20,29,32H2,1-2H3/t40-,49?,50?,52?,53-/m1/s1. The quantitative estimate of drug-likeness (QED) is 0.262. The Bertz CT molecular complexity index is 2320. The summed E-state index contributed by atoms with van der Waals surface area (Å²) in [6.07, 6.45) is 34.4. The molecule has 3 unspecified atom stereocenters. The molecular formula is C53H54N2O. The maximum absolute atomic E-state index is 7.12. The van der Waals surface area contributed by atoms with Gasteiger partial charge in [0.1, 0.15) is 11.9 Å². The zero-order chi connectivity index (χ0) is 37.4. The van der Waals surface area contributed by atoms with E-state index in [0.717, 1.165) is 24.3 Å². The molecule has 0 spiro atoms. The van der Waals surface area contributed by atoms with E-state index in [9.17, 15) is 0 Å². The number of anilines is 3. The fourth-order valence-corrected chi connectivity index (χ4v) is 12.4. The molecule has 0 aromatic heterocycles. The van der Waals surface area contributed by atoms with Gasteiger partial charge in [0.15, 0.2) is 0 Å². The van der Waals surface area contributed by atoms with Crippen molar-refractivity contribution in [2.45, 2.75) is 89.6 Å². The molecule has 3 heteroatoms. The summed E-state index contributed by atoms with van der Waals surface area (Å²) in [6, 6.07) is 29.0. The molecule has 0 bridgehead atoms. The van der Waals surface area contributed by atoms with Gasteiger partial charge in [0.2, 0.25) is 0 Å². The SMILES string of the molecule is CC12CC=CC=CC1Oc1c(N(C3=CC(C4CCCC4)=C4C=CC5=C(Nc6ccccc6)C=C(C6CCCC6)C6=CC[C@H]3C4[C@]65C)c3ccccc3)cccc12. The predicted molar refractivity (Wildman–Crippen MR) is 231 cm³/mol. The first-order chi connectivity index (χ1) is 27.5. The van der Waals surface area contributed by atoms with Crippen LogP contribution >= 0.6 is 0 Å². The highest BCUT2D eigenvalue weighted by Crippen LogP contribution is 2.66. The van der Waals surface area contributed by atoms with Gasteiger partial charge in [0.25, 0.3) is 0 Å². The molecule has 3 aromatic rings. The molecule has 0 saturated heterocycles. The van der Waals surface area contributed by atoms with Gasteiger partial charge in [-0.05, 0) is 127 Å². The molecule has 3 nitrogen and oxygen atoms in total.